The van der Waals surface area contributed by atoms with E-state index in [1.54, 1.807) is 0 Å². The summed E-state index contributed by atoms with van der Waals surface area (Å²) < 4.78 is 5.26. The number of alkyl carbamates (subject to hydrolysis) is 1. The number of amides is 1. The van der Waals surface area contributed by atoms with Gasteiger partial charge in [-0.2, -0.15) is 10.5 Å². The fraction of sp³-hybridized carbons (Fsp3) is 0.400. The number of nitrogens with zero attached hydrogens (tertiary/aromatic N) is 2. The molecule has 0 heterocycles. The fourth-order valence-electron chi connectivity index (χ4n) is 4.15. The van der Waals surface area contributed by atoms with E-state index in [9.17, 15) is 4.79 Å². The van der Waals surface area contributed by atoms with Gasteiger partial charge in [0.05, 0.1) is 29.3 Å². The van der Waals surface area contributed by atoms with E-state index in [0.717, 1.165) is 53.5 Å². The van der Waals surface area contributed by atoms with Crippen LogP contribution in [-0.4, -0.2) is 11.7 Å². The van der Waals surface area contributed by atoms with Crippen LogP contribution in [-0.2, 0) is 17.6 Å². The summed E-state index contributed by atoms with van der Waals surface area (Å²) in [6, 6.07) is 15.9. The minimum Gasteiger partial charge on any atom is -0.444 e. The zero-order chi connectivity index (χ0) is 22.6. The molecule has 0 aliphatic heterocycles. The lowest BCUT2D eigenvalue weighted by molar-refractivity contribution is 0.0503. The molecular formula is C25H28N4O2. The second-order valence-electron chi connectivity index (χ2n) is 8.85. The zero-order valence-corrected chi connectivity index (χ0v) is 18.2. The number of rotatable bonds is 1. The molecule has 6 nitrogen and oxygen atoms in total. The van der Waals surface area contributed by atoms with Gasteiger partial charge in [0.1, 0.15) is 5.60 Å². The van der Waals surface area contributed by atoms with Crippen LogP contribution in [0.3, 0.4) is 0 Å². The number of nitrogens with two attached hydrogens (primary N) is 1. The number of benzene rings is 2. The minimum atomic E-state index is -0.500. The predicted molar refractivity (Wildman–Crippen MR) is 118 cm³/mol. The van der Waals surface area contributed by atoms with Gasteiger partial charge in [-0.25, -0.2) is 4.79 Å². The van der Waals surface area contributed by atoms with Crippen molar-refractivity contribution in [3.63, 3.8) is 0 Å². The Labute approximate surface area is 183 Å². The summed E-state index contributed by atoms with van der Waals surface area (Å²) in [5.41, 5.74) is 11.3. The normalized spacial score (nSPS) is 18.5. The molecule has 0 aromatic heterocycles. The first-order valence-electron chi connectivity index (χ1n) is 10.5. The molecule has 0 bridgehead atoms. The molecule has 4 rings (SSSR count). The van der Waals surface area contributed by atoms with Gasteiger partial charge in [0.15, 0.2) is 0 Å². The van der Waals surface area contributed by atoms with Crippen molar-refractivity contribution in [1.82, 2.24) is 5.32 Å². The van der Waals surface area contributed by atoms with Crippen LogP contribution in [0, 0.1) is 22.7 Å². The Kier molecular flexibility index (Phi) is 6.63. The Morgan fingerprint density at radius 3 is 2.13 bits per heavy atom. The first-order valence-corrected chi connectivity index (χ1v) is 10.5. The number of carbonyl (C=O) groups excluding carboxylic acids is 1. The SMILES string of the molecule is CC(C)(C)OC(=O)N[C@@H]1CCc2c(C#N)cccc21.N#Cc1cccc2c1CC[C@H]2N. The van der Waals surface area contributed by atoms with Crippen LogP contribution in [0.15, 0.2) is 36.4 Å². The lowest BCUT2D eigenvalue weighted by Gasteiger charge is -2.22. The number of hydrogen-bond donors (Lipinski definition) is 2. The summed E-state index contributed by atoms with van der Waals surface area (Å²) in [4.78, 5) is 11.8. The van der Waals surface area contributed by atoms with Gasteiger partial charge >= 0.3 is 6.09 Å². The predicted octanol–water partition coefficient (Wildman–Crippen LogP) is 4.57. The molecule has 160 valence electrons. The van der Waals surface area contributed by atoms with Crippen LogP contribution in [0.5, 0.6) is 0 Å². The van der Waals surface area contributed by atoms with Crippen molar-refractivity contribution in [1.29, 1.82) is 10.5 Å². The molecule has 0 saturated heterocycles. The summed E-state index contributed by atoms with van der Waals surface area (Å²) >= 11 is 0. The van der Waals surface area contributed by atoms with Crippen molar-refractivity contribution in [2.45, 2.75) is 64.1 Å². The van der Waals surface area contributed by atoms with Crippen LogP contribution in [0.4, 0.5) is 4.79 Å². The molecule has 0 unspecified atom stereocenters. The van der Waals surface area contributed by atoms with E-state index in [2.05, 4.69) is 17.5 Å². The number of carbonyl (C=O) groups is 1. The molecule has 2 atom stereocenters. The van der Waals surface area contributed by atoms with Crippen molar-refractivity contribution in [2.75, 3.05) is 0 Å². The molecule has 0 saturated carbocycles. The van der Waals surface area contributed by atoms with Gasteiger partial charge in [-0.3, -0.25) is 0 Å². The first-order chi connectivity index (χ1) is 14.7. The van der Waals surface area contributed by atoms with Gasteiger partial charge in [0.2, 0.25) is 0 Å². The van der Waals surface area contributed by atoms with Crippen molar-refractivity contribution >= 4 is 6.09 Å². The molecule has 0 fully saturated rings. The molecule has 1 amide bonds. The maximum atomic E-state index is 11.8. The number of ether oxygens (including phenoxy) is 1. The van der Waals surface area contributed by atoms with Crippen molar-refractivity contribution in [2.24, 2.45) is 5.73 Å². The van der Waals surface area contributed by atoms with Gasteiger partial charge in [-0.1, -0.05) is 24.3 Å². The second kappa shape index (κ2) is 9.20. The highest BCUT2D eigenvalue weighted by molar-refractivity contribution is 5.69. The number of nitrogens with one attached hydrogen (secondary N) is 1. The van der Waals surface area contributed by atoms with Gasteiger partial charge in [-0.15, -0.1) is 0 Å². The first kappa shape index (κ1) is 22.3. The Morgan fingerprint density at radius 1 is 1.00 bits per heavy atom. The van der Waals surface area contributed by atoms with Gasteiger partial charge in [0, 0.05) is 6.04 Å². The molecule has 0 spiro atoms. The molecular weight excluding hydrogens is 388 g/mol. The van der Waals surface area contributed by atoms with Crippen LogP contribution < -0.4 is 11.1 Å². The molecule has 2 aliphatic carbocycles. The third-order valence-corrected chi connectivity index (χ3v) is 5.52. The van der Waals surface area contributed by atoms with Crippen molar-refractivity contribution in [3.8, 4) is 12.1 Å². The third kappa shape index (κ3) is 5.23. The topological polar surface area (TPSA) is 112 Å². The average Bonchev–Trinajstić information content (AvgIpc) is 3.31. The smallest absolute Gasteiger partial charge is 0.408 e. The van der Waals surface area contributed by atoms with E-state index in [-0.39, 0.29) is 12.1 Å². The summed E-state index contributed by atoms with van der Waals surface area (Å²) in [6.07, 6.45) is 3.16. The lowest BCUT2D eigenvalue weighted by atomic mass is 10.0. The van der Waals surface area contributed by atoms with Gasteiger partial charge in [0.25, 0.3) is 0 Å². The number of fused-ring (bicyclic) bond motifs is 2. The highest BCUT2D eigenvalue weighted by Gasteiger charge is 2.27. The van der Waals surface area contributed by atoms with E-state index >= 15 is 0 Å². The monoisotopic (exact) mass is 416 g/mol. The summed E-state index contributed by atoms with van der Waals surface area (Å²) in [7, 11) is 0. The standard InChI is InChI=1S/C15H18N2O2.C10H10N2/c1-15(2,3)19-14(18)17-13-8-7-11-10(9-16)5-4-6-12(11)13;11-6-7-2-1-3-9-8(7)4-5-10(9)12/h4-6,13H,7-8H2,1-3H3,(H,17,18);1-3,10H,4-5,12H2/t13-;10-/m11/s1. The lowest BCUT2D eigenvalue weighted by Crippen LogP contribution is -2.34. The maximum absolute atomic E-state index is 11.8. The molecule has 3 N–H and O–H groups in total. The van der Waals surface area contributed by atoms with Gasteiger partial charge in [-0.05, 0) is 80.8 Å². The zero-order valence-electron chi connectivity index (χ0n) is 18.2. The molecule has 0 radical (unpaired) electrons. The van der Waals surface area contributed by atoms with Crippen LogP contribution in [0.2, 0.25) is 0 Å². The number of hydrogen-bond acceptors (Lipinski definition) is 5. The Morgan fingerprint density at radius 2 is 1.55 bits per heavy atom. The fourth-order valence-corrected chi connectivity index (χ4v) is 4.15. The minimum absolute atomic E-state index is 0.0573. The van der Waals surface area contributed by atoms with E-state index in [4.69, 9.17) is 21.0 Å². The second-order valence-corrected chi connectivity index (χ2v) is 8.85. The average molecular weight is 417 g/mol. The number of nitriles is 2. The molecule has 31 heavy (non-hydrogen) atoms. The Bertz CT molecular complexity index is 1060. The van der Waals surface area contributed by atoms with Crippen LogP contribution in [0.1, 0.15) is 79.1 Å². The third-order valence-electron chi connectivity index (χ3n) is 5.52. The highest BCUT2D eigenvalue weighted by Crippen LogP contribution is 2.33. The van der Waals surface area contributed by atoms with E-state index in [1.165, 1.54) is 0 Å². The van der Waals surface area contributed by atoms with Crippen molar-refractivity contribution in [3.05, 3.63) is 69.8 Å². The largest absolute Gasteiger partial charge is 0.444 e. The van der Waals surface area contributed by atoms with Crippen molar-refractivity contribution < 1.29 is 9.53 Å². The van der Waals surface area contributed by atoms with E-state index in [0.29, 0.717) is 5.56 Å². The summed E-state index contributed by atoms with van der Waals surface area (Å²) in [6.45, 7) is 5.51. The molecule has 2 aromatic carbocycles. The van der Waals surface area contributed by atoms with E-state index < -0.39 is 11.7 Å². The summed E-state index contributed by atoms with van der Waals surface area (Å²) in [5, 5.41) is 20.7. The quantitative estimate of drug-likeness (QED) is 0.707. The highest BCUT2D eigenvalue weighted by atomic mass is 16.6. The van der Waals surface area contributed by atoms with Crippen LogP contribution >= 0.6 is 0 Å². The summed E-state index contributed by atoms with van der Waals surface area (Å²) in [5.74, 6) is 0. The van der Waals surface area contributed by atoms with Gasteiger partial charge < -0.3 is 15.8 Å². The molecule has 2 aromatic rings. The maximum Gasteiger partial charge on any atom is 0.408 e. The van der Waals surface area contributed by atoms with E-state index in [1.807, 2.05) is 57.2 Å². The van der Waals surface area contributed by atoms with Crippen LogP contribution in [0.25, 0.3) is 0 Å². The Balaban J connectivity index is 0.000000194. The molecule has 2 aliphatic rings. The molecule has 6 heteroatoms. The Hall–Kier alpha value is -3.35.